The minimum atomic E-state index is -3.17. The van der Waals surface area contributed by atoms with Crippen molar-refractivity contribution in [3.63, 3.8) is 0 Å². The molecule has 0 saturated heterocycles. The number of rotatable bonds is 7. The van der Waals surface area contributed by atoms with Crippen LogP contribution in [0.3, 0.4) is 0 Å². The Morgan fingerprint density at radius 2 is 0.931 bits per heavy atom. The van der Waals surface area contributed by atoms with E-state index in [-0.39, 0.29) is 0 Å². The van der Waals surface area contributed by atoms with Gasteiger partial charge >= 0.3 is 0 Å². The molecular formula is C53H38N3OP. The normalized spacial score (nSPS) is 14.1. The molecule has 276 valence electrons. The van der Waals surface area contributed by atoms with E-state index in [1.54, 1.807) is 0 Å². The second-order valence-electron chi connectivity index (χ2n) is 14.5. The minimum Gasteiger partial charge on any atom is -0.310 e. The van der Waals surface area contributed by atoms with Crippen LogP contribution in [-0.2, 0) is 9.98 Å². The molecular weight excluding hydrogens is 726 g/mol. The van der Waals surface area contributed by atoms with E-state index in [0.29, 0.717) is 5.84 Å². The first kappa shape index (κ1) is 35.3. The van der Waals surface area contributed by atoms with Gasteiger partial charge in [-0.3, -0.25) is 0 Å². The molecule has 4 nitrogen and oxygen atoms in total. The second kappa shape index (κ2) is 14.4. The molecule has 0 fully saturated rings. The Morgan fingerprint density at radius 3 is 1.48 bits per heavy atom. The first-order chi connectivity index (χ1) is 28.6. The summed E-state index contributed by atoms with van der Waals surface area (Å²) < 4.78 is 15.2. The molecule has 0 amide bonds. The summed E-state index contributed by atoms with van der Waals surface area (Å²) in [7, 11) is -3.17. The van der Waals surface area contributed by atoms with E-state index < -0.39 is 12.6 Å². The molecule has 1 spiro atoms. The average molecular weight is 764 g/mol. The van der Waals surface area contributed by atoms with E-state index in [9.17, 15) is 0 Å². The van der Waals surface area contributed by atoms with Crippen molar-refractivity contribution in [1.29, 1.82) is 0 Å². The van der Waals surface area contributed by atoms with Crippen LogP contribution in [0.15, 0.2) is 228 Å². The molecule has 1 aliphatic heterocycles. The van der Waals surface area contributed by atoms with Crippen molar-refractivity contribution >= 4 is 63.9 Å². The Morgan fingerprint density at radius 1 is 0.483 bits per heavy atom. The molecule has 1 heterocycles. The van der Waals surface area contributed by atoms with Crippen molar-refractivity contribution in [3.8, 4) is 0 Å². The molecule has 0 saturated carbocycles. The van der Waals surface area contributed by atoms with Crippen molar-refractivity contribution in [2.24, 2.45) is 9.98 Å². The highest BCUT2D eigenvalue weighted by Gasteiger charge is 2.53. The number of aliphatic imine (C=N–C) groups is 2. The molecule has 1 aliphatic carbocycles. The summed E-state index contributed by atoms with van der Waals surface area (Å²) in [5.41, 5.74) is 10.9. The zero-order chi connectivity index (χ0) is 39.1. The van der Waals surface area contributed by atoms with Gasteiger partial charge in [0.25, 0.3) is 0 Å². The molecule has 8 aromatic rings. The molecule has 0 unspecified atom stereocenters. The van der Waals surface area contributed by atoms with Gasteiger partial charge < -0.3 is 9.46 Å². The molecule has 0 radical (unpaired) electrons. The lowest BCUT2D eigenvalue weighted by Gasteiger charge is -2.45. The number of anilines is 3. The number of benzene rings is 8. The Balaban J connectivity index is 1.21. The zero-order valence-corrected chi connectivity index (χ0v) is 32.6. The fraction of sp³-hybridized carbons (Fsp3) is 0.0189. The van der Waals surface area contributed by atoms with E-state index in [1.807, 2.05) is 84.9 Å². The highest BCUT2D eigenvalue weighted by atomic mass is 31.2. The molecule has 5 heteroatoms. The van der Waals surface area contributed by atoms with Gasteiger partial charge in [0, 0.05) is 38.3 Å². The molecule has 10 rings (SSSR count). The lowest BCUT2D eigenvalue weighted by atomic mass is 9.62. The summed E-state index contributed by atoms with van der Waals surface area (Å²) in [5, 5.41) is 2.31. The summed E-state index contributed by atoms with van der Waals surface area (Å²) in [6.45, 7) is 4.05. The van der Waals surface area contributed by atoms with Crippen molar-refractivity contribution in [2.45, 2.75) is 5.41 Å². The summed E-state index contributed by atoms with van der Waals surface area (Å²) in [6, 6.07) is 74.8. The van der Waals surface area contributed by atoms with Crippen LogP contribution in [0.25, 0.3) is 11.3 Å². The SMILES string of the molecule is C=N/C(=N\C1=C(c2ccccc2)C2(c3ccccc31)c1ccccc1N(c1ccccc1)c1ccccc12)c1ccc(P(=O)(c2ccccc2)c2ccccc2)cc1. The molecule has 0 atom stereocenters. The van der Waals surface area contributed by atoms with Crippen LogP contribution in [0.5, 0.6) is 0 Å². The third kappa shape index (κ3) is 5.41. The Labute approximate surface area is 339 Å². The van der Waals surface area contributed by atoms with Crippen LogP contribution in [0.1, 0.15) is 33.4 Å². The predicted molar refractivity (Wildman–Crippen MR) is 243 cm³/mol. The molecule has 0 bridgehead atoms. The second-order valence-corrected chi connectivity index (χ2v) is 17.3. The molecule has 0 aromatic heterocycles. The van der Waals surface area contributed by atoms with Gasteiger partial charge in [0.15, 0.2) is 13.0 Å². The first-order valence-corrected chi connectivity index (χ1v) is 21.2. The quantitative estimate of drug-likeness (QED) is 0.0922. The zero-order valence-electron chi connectivity index (χ0n) is 31.7. The maximum atomic E-state index is 15.2. The van der Waals surface area contributed by atoms with Crippen LogP contribution in [-0.4, -0.2) is 12.6 Å². The smallest absolute Gasteiger partial charge is 0.171 e. The first-order valence-electron chi connectivity index (χ1n) is 19.5. The van der Waals surface area contributed by atoms with Gasteiger partial charge in [0.1, 0.15) is 0 Å². The Bertz CT molecular complexity index is 2830. The van der Waals surface area contributed by atoms with Gasteiger partial charge in [-0.25, -0.2) is 9.98 Å². The largest absolute Gasteiger partial charge is 0.310 e. The number of para-hydroxylation sites is 3. The van der Waals surface area contributed by atoms with Crippen molar-refractivity contribution in [3.05, 3.63) is 252 Å². The highest BCUT2D eigenvalue weighted by Crippen LogP contribution is 2.65. The van der Waals surface area contributed by atoms with Gasteiger partial charge in [-0.15, -0.1) is 0 Å². The Kier molecular flexibility index (Phi) is 8.78. The lowest BCUT2D eigenvalue weighted by Crippen LogP contribution is -2.36. The van der Waals surface area contributed by atoms with E-state index in [4.69, 9.17) is 4.99 Å². The fourth-order valence-corrected chi connectivity index (χ4v) is 11.7. The van der Waals surface area contributed by atoms with Crippen LogP contribution in [0.4, 0.5) is 17.1 Å². The van der Waals surface area contributed by atoms with Gasteiger partial charge in [-0.1, -0.05) is 194 Å². The average Bonchev–Trinajstić information content (AvgIpc) is 3.59. The summed E-state index contributed by atoms with van der Waals surface area (Å²) in [6.07, 6.45) is 0. The van der Waals surface area contributed by atoms with Crippen molar-refractivity contribution < 1.29 is 4.57 Å². The fourth-order valence-electron chi connectivity index (χ4n) is 9.04. The summed E-state index contributed by atoms with van der Waals surface area (Å²) >= 11 is 0. The standard InChI is InChI=1S/C53H38N3OP/c1-54-52(39-34-36-43(37-35-39)58(57,41-24-10-4-11-25-41)42-26-12-5-13-27-42)55-51-44-28-14-15-29-45(44)53(50(51)38-20-6-2-7-21-38)46-30-16-18-32-48(46)56(40-22-8-3-9-23-40)49-33-19-17-31-47(49)53/h2-37H,1H2/b55-52-. The Hall–Kier alpha value is -7.13. The molecule has 2 aliphatic rings. The van der Waals surface area contributed by atoms with Crippen LogP contribution in [0.2, 0.25) is 0 Å². The minimum absolute atomic E-state index is 0.486. The van der Waals surface area contributed by atoms with Gasteiger partial charge in [0.2, 0.25) is 0 Å². The maximum Gasteiger partial charge on any atom is 0.171 e. The van der Waals surface area contributed by atoms with E-state index >= 15 is 4.57 Å². The van der Waals surface area contributed by atoms with E-state index in [1.165, 1.54) is 11.1 Å². The van der Waals surface area contributed by atoms with Crippen LogP contribution in [0, 0.1) is 0 Å². The third-order valence-electron chi connectivity index (χ3n) is 11.5. The van der Waals surface area contributed by atoms with Gasteiger partial charge in [-0.05, 0) is 53.2 Å². The topological polar surface area (TPSA) is 45.0 Å². The highest BCUT2D eigenvalue weighted by molar-refractivity contribution is 7.85. The van der Waals surface area contributed by atoms with Gasteiger partial charge in [0.05, 0.1) is 22.5 Å². The molecule has 0 N–H and O–H groups in total. The molecule has 58 heavy (non-hydrogen) atoms. The van der Waals surface area contributed by atoms with Crippen molar-refractivity contribution in [1.82, 2.24) is 0 Å². The number of fused-ring (bicyclic) bond motifs is 6. The number of hydrogen-bond acceptors (Lipinski definition) is 3. The number of amidine groups is 1. The maximum absolute atomic E-state index is 15.2. The number of nitrogens with zero attached hydrogens (tertiary/aromatic N) is 3. The number of allylic oxidation sites excluding steroid dienone is 1. The summed E-state index contributed by atoms with van der Waals surface area (Å²) in [4.78, 5) is 12.5. The van der Waals surface area contributed by atoms with Crippen molar-refractivity contribution in [2.75, 3.05) is 4.90 Å². The van der Waals surface area contributed by atoms with Gasteiger partial charge in [-0.2, -0.15) is 0 Å². The van der Waals surface area contributed by atoms with Crippen LogP contribution >= 0.6 is 7.14 Å². The summed E-state index contributed by atoms with van der Waals surface area (Å²) in [5.74, 6) is 0.486. The third-order valence-corrected chi connectivity index (χ3v) is 14.5. The molecule has 8 aromatic carbocycles. The lowest BCUT2D eigenvalue weighted by molar-refractivity contribution is 0.592. The predicted octanol–water partition coefficient (Wildman–Crippen LogP) is 11.5. The van der Waals surface area contributed by atoms with E-state index in [0.717, 1.165) is 66.5 Å². The van der Waals surface area contributed by atoms with Crippen LogP contribution < -0.4 is 20.8 Å². The number of hydrogen-bond donors (Lipinski definition) is 0. The van der Waals surface area contributed by atoms with E-state index in [2.05, 4.69) is 150 Å². The monoisotopic (exact) mass is 763 g/mol.